The predicted octanol–water partition coefficient (Wildman–Crippen LogP) is 0.364. The molecule has 3 atom stereocenters. The van der Waals surface area contributed by atoms with E-state index in [-0.39, 0.29) is 12.7 Å². The summed E-state index contributed by atoms with van der Waals surface area (Å²) in [4.78, 5) is 0. The molecule has 0 aromatic heterocycles. The van der Waals surface area contributed by atoms with Gasteiger partial charge in [-0.25, -0.2) is 0 Å². The fourth-order valence-electron chi connectivity index (χ4n) is 1.69. The third-order valence-electron chi connectivity index (χ3n) is 3.22. The number of hydrogen-bond donors (Lipinski definition) is 2. The fourth-order valence-corrected chi connectivity index (χ4v) is 1.69. The van der Waals surface area contributed by atoms with E-state index >= 15 is 0 Å². The second kappa shape index (κ2) is 14.1. The van der Waals surface area contributed by atoms with Crippen molar-refractivity contribution in [3.8, 4) is 0 Å². The van der Waals surface area contributed by atoms with Gasteiger partial charge >= 0.3 is 0 Å². The Balaban J connectivity index is 0.000000248. The summed E-state index contributed by atoms with van der Waals surface area (Å²) in [5.41, 5.74) is 0. The summed E-state index contributed by atoms with van der Waals surface area (Å²) in [6.07, 6.45) is 3.36. The van der Waals surface area contributed by atoms with Gasteiger partial charge in [-0.15, -0.1) is 0 Å². The average molecular weight is 336 g/mol. The topological polar surface area (TPSA) is 93.2 Å². The SMILES string of the molecule is C(OCC1CO1)C1CO1.CCCCC(O)COCCOCCO. The number of unbranched alkanes of at least 4 members (excludes halogenated alkanes) is 1. The quantitative estimate of drug-likeness (QED) is 0.349. The van der Waals surface area contributed by atoms with E-state index in [0.29, 0.717) is 38.6 Å². The molecular formula is C16H32O7. The molecule has 3 unspecified atom stereocenters. The molecule has 0 aromatic rings. The zero-order valence-electron chi connectivity index (χ0n) is 14.2. The summed E-state index contributed by atoms with van der Waals surface area (Å²) in [7, 11) is 0. The summed E-state index contributed by atoms with van der Waals surface area (Å²) in [5, 5.41) is 17.8. The summed E-state index contributed by atoms with van der Waals surface area (Å²) in [6, 6.07) is 0. The second-order valence-electron chi connectivity index (χ2n) is 5.66. The van der Waals surface area contributed by atoms with Crippen LogP contribution in [0.3, 0.4) is 0 Å². The zero-order chi connectivity index (χ0) is 16.8. The first-order valence-corrected chi connectivity index (χ1v) is 8.51. The van der Waals surface area contributed by atoms with Gasteiger partial charge < -0.3 is 33.9 Å². The van der Waals surface area contributed by atoms with E-state index in [0.717, 1.165) is 45.7 Å². The molecule has 2 aliphatic heterocycles. The Morgan fingerprint density at radius 3 is 2.13 bits per heavy atom. The van der Waals surface area contributed by atoms with Gasteiger partial charge in [0.2, 0.25) is 0 Å². The lowest BCUT2D eigenvalue weighted by molar-refractivity contribution is -0.00454. The van der Waals surface area contributed by atoms with E-state index in [1.54, 1.807) is 0 Å². The Morgan fingerprint density at radius 1 is 1.00 bits per heavy atom. The van der Waals surface area contributed by atoms with Crippen LogP contribution >= 0.6 is 0 Å². The van der Waals surface area contributed by atoms with Crippen LogP contribution in [0.15, 0.2) is 0 Å². The van der Waals surface area contributed by atoms with Gasteiger partial charge in [0.15, 0.2) is 0 Å². The van der Waals surface area contributed by atoms with Gasteiger partial charge in [-0.05, 0) is 6.42 Å². The largest absolute Gasteiger partial charge is 0.394 e. The number of aliphatic hydroxyl groups is 2. The Kier molecular flexibility index (Phi) is 12.7. The molecule has 0 bridgehead atoms. The van der Waals surface area contributed by atoms with E-state index in [1.807, 2.05) is 0 Å². The third kappa shape index (κ3) is 15.0. The Bertz CT molecular complexity index is 245. The van der Waals surface area contributed by atoms with Crippen LogP contribution in [-0.4, -0.2) is 88.0 Å². The molecule has 23 heavy (non-hydrogen) atoms. The first kappa shape index (κ1) is 20.8. The average Bonchev–Trinajstić information content (AvgIpc) is 3.44. The molecule has 2 N–H and O–H groups in total. The van der Waals surface area contributed by atoms with Gasteiger partial charge in [0.25, 0.3) is 0 Å². The maximum absolute atomic E-state index is 9.38. The second-order valence-corrected chi connectivity index (χ2v) is 5.66. The molecule has 0 spiro atoms. The van der Waals surface area contributed by atoms with E-state index in [2.05, 4.69) is 6.92 Å². The van der Waals surface area contributed by atoms with Crippen molar-refractivity contribution in [1.29, 1.82) is 0 Å². The summed E-state index contributed by atoms with van der Waals surface area (Å²) >= 11 is 0. The molecular weight excluding hydrogens is 304 g/mol. The van der Waals surface area contributed by atoms with Gasteiger partial charge in [-0.3, -0.25) is 0 Å². The van der Waals surface area contributed by atoms with Gasteiger partial charge in [0, 0.05) is 0 Å². The molecule has 138 valence electrons. The summed E-state index contributed by atoms with van der Waals surface area (Å²) < 4.78 is 25.3. The highest BCUT2D eigenvalue weighted by Gasteiger charge is 2.26. The van der Waals surface area contributed by atoms with Crippen molar-refractivity contribution >= 4 is 0 Å². The van der Waals surface area contributed by atoms with Crippen LogP contribution in [0.2, 0.25) is 0 Å². The van der Waals surface area contributed by atoms with Crippen LogP contribution in [0.5, 0.6) is 0 Å². The van der Waals surface area contributed by atoms with Crippen molar-refractivity contribution in [3.05, 3.63) is 0 Å². The summed E-state index contributed by atoms with van der Waals surface area (Å²) in [6.45, 7) is 7.07. The van der Waals surface area contributed by atoms with E-state index in [4.69, 9.17) is 28.8 Å². The summed E-state index contributed by atoms with van der Waals surface area (Å²) in [5.74, 6) is 0. The molecule has 7 nitrogen and oxygen atoms in total. The first-order valence-electron chi connectivity index (χ1n) is 8.51. The van der Waals surface area contributed by atoms with Crippen molar-refractivity contribution in [1.82, 2.24) is 0 Å². The Labute approximate surface area is 138 Å². The first-order chi connectivity index (χ1) is 11.3. The standard InChI is InChI=1S/C10H22O4.C6H10O3/c1-2-3-4-10(12)9-14-8-7-13-6-5-11;1(5-3-8-5)7-2-6-4-9-6/h10-12H,2-9H2,1H3;5-6H,1-4H2. The highest BCUT2D eigenvalue weighted by Crippen LogP contribution is 2.12. The molecule has 7 heteroatoms. The number of rotatable bonds is 14. The van der Waals surface area contributed by atoms with Crippen LogP contribution in [-0.2, 0) is 23.7 Å². The molecule has 0 amide bonds. The lowest BCUT2D eigenvalue weighted by Crippen LogP contribution is -2.17. The lowest BCUT2D eigenvalue weighted by atomic mass is 10.2. The predicted molar refractivity (Wildman–Crippen MR) is 84.6 cm³/mol. The molecule has 2 heterocycles. The maximum Gasteiger partial charge on any atom is 0.104 e. The van der Waals surface area contributed by atoms with Crippen molar-refractivity contribution < 1.29 is 33.9 Å². The number of hydrogen-bond acceptors (Lipinski definition) is 7. The van der Waals surface area contributed by atoms with Gasteiger partial charge in [0.05, 0.1) is 65.6 Å². The smallest absolute Gasteiger partial charge is 0.104 e. The van der Waals surface area contributed by atoms with Gasteiger partial charge in [-0.1, -0.05) is 19.8 Å². The minimum Gasteiger partial charge on any atom is -0.394 e. The third-order valence-corrected chi connectivity index (χ3v) is 3.22. The monoisotopic (exact) mass is 336 g/mol. The minimum absolute atomic E-state index is 0.0408. The molecule has 0 saturated carbocycles. The van der Waals surface area contributed by atoms with Crippen LogP contribution < -0.4 is 0 Å². The van der Waals surface area contributed by atoms with Crippen LogP contribution in [0.4, 0.5) is 0 Å². The van der Waals surface area contributed by atoms with Crippen LogP contribution in [0.1, 0.15) is 26.2 Å². The lowest BCUT2D eigenvalue weighted by Gasteiger charge is -2.10. The molecule has 2 saturated heterocycles. The minimum atomic E-state index is -0.354. The van der Waals surface area contributed by atoms with Gasteiger partial charge in [-0.2, -0.15) is 0 Å². The number of aliphatic hydroxyl groups excluding tert-OH is 2. The number of ether oxygens (including phenoxy) is 5. The van der Waals surface area contributed by atoms with E-state index in [1.165, 1.54) is 0 Å². The van der Waals surface area contributed by atoms with Crippen LogP contribution in [0, 0.1) is 0 Å². The molecule has 0 radical (unpaired) electrons. The highest BCUT2D eigenvalue weighted by molar-refractivity contribution is 4.71. The Morgan fingerprint density at radius 2 is 1.61 bits per heavy atom. The van der Waals surface area contributed by atoms with Crippen LogP contribution in [0.25, 0.3) is 0 Å². The number of epoxide rings is 2. The molecule has 2 aliphatic rings. The molecule has 0 aromatic carbocycles. The molecule has 0 aliphatic carbocycles. The van der Waals surface area contributed by atoms with E-state index in [9.17, 15) is 5.11 Å². The van der Waals surface area contributed by atoms with Crippen molar-refractivity contribution in [3.63, 3.8) is 0 Å². The van der Waals surface area contributed by atoms with Crippen molar-refractivity contribution in [2.24, 2.45) is 0 Å². The van der Waals surface area contributed by atoms with Crippen molar-refractivity contribution in [2.45, 2.75) is 44.5 Å². The Hall–Kier alpha value is -0.280. The normalized spacial score (nSPS) is 23.1. The molecule has 2 rings (SSSR count). The highest BCUT2D eigenvalue weighted by atomic mass is 16.6. The van der Waals surface area contributed by atoms with Crippen molar-refractivity contribution in [2.75, 3.05) is 59.5 Å². The zero-order valence-corrected chi connectivity index (χ0v) is 14.2. The maximum atomic E-state index is 9.38. The fraction of sp³-hybridized carbons (Fsp3) is 1.00. The van der Waals surface area contributed by atoms with E-state index < -0.39 is 0 Å². The van der Waals surface area contributed by atoms with Gasteiger partial charge in [0.1, 0.15) is 12.2 Å². The molecule has 2 fully saturated rings.